The number of benzene rings is 3. The van der Waals surface area contributed by atoms with Crippen molar-refractivity contribution in [3.05, 3.63) is 114 Å². The zero-order chi connectivity index (χ0) is 27.4. The van der Waals surface area contributed by atoms with E-state index in [0.717, 1.165) is 12.1 Å². The smallest absolute Gasteiger partial charge is 0.421 e. The van der Waals surface area contributed by atoms with Crippen molar-refractivity contribution in [1.29, 1.82) is 0 Å². The molecule has 1 unspecified atom stereocenters. The normalized spacial score (nSPS) is 16.0. The Labute approximate surface area is 221 Å². The number of rotatable bonds is 6. The number of carbonyl (C=O) groups excluding carboxylic acids is 2. The predicted molar refractivity (Wildman–Crippen MR) is 137 cm³/mol. The molecule has 8 nitrogen and oxygen atoms in total. The molecule has 2 amide bonds. The van der Waals surface area contributed by atoms with Crippen LogP contribution in [0.1, 0.15) is 11.1 Å². The summed E-state index contributed by atoms with van der Waals surface area (Å²) in [4.78, 5) is 30.6. The van der Waals surface area contributed by atoms with Gasteiger partial charge < -0.3 is 20.1 Å². The number of hydrogen-bond acceptors (Lipinski definition) is 6. The third kappa shape index (κ3) is 6.09. The molecule has 39 heavy (non-hydrogen) atoms. The molecule has 0 bridgehead atoms. The van der Waals surface area contributed by atoms with Crippen LogP contribution < -0.4 is 20.1 Å². The lowest BCUT2D eigenvalue weighted by Crippen LogP contribution is -2.46. The molecule has 5 rings (SSSR count). The topological polar surface area (TPSA) is 92.3 Å². The highest BCUT2D eigenvalue weighted by Crippen LogP contribution is 2.30. The molecule has 2 aliphatic rings. The van der Waals surface area contributed by atoms with E-state index >= 15 is 0 Å². The minimum absolute atomic E-state index is 0.0781. The van der Waals surface area contributed by atoms with Gasteiger partial charge >= 0.3 is 12.3 Å². The van der Waals surface area contributed by atoms with E-state index < -0.39 is 24.0 Å². The first kappa shape index (κ1) is 25.6. The molecule has 2 aliphatic heterocycles. The second-order valence-electron chi connectivity index (χ2n) is 8.54. The van der Waals surface area contributed by atoms with Gasteiger partial charge in [0.1, 0.15) is 17.7 Å². The molecule has 3 aromatic carbocycles. The lowest BCUT2D eigenvalue weighted by Gasteiger charge is -2.26. The second kappa shape index (κ2) is 10.7. The van der Waals surface area contributed by atoms with Gasteiger partial charge in [-0.25, -0.2) is 9.79 Å². The fourth-order valence-corrected chi connectivity index (χ4v) is 3.90. The molecule has 0 fully saturated rings. The Bertz CT molecular complexity index is 1450. The lowest BCUT2D eigenvalue weighted by molar-refractivity contribution is -0.137. The molecule has 0 aliphatic carbocycles. The SMILES string of the molecule is O=C(Cc1ccc(C(F)(F)F)cc1)Nc1ccc(OC2=C3C=CN(C(=O)Oc4ccccc4)C3NC=N2)cc1. The third-order valence-electron chi connectivity index (χ3n) is 5.81. The van der Waals surface area contributed by atoms with Crippen LogP contribution in [-0.4, -0.2) is 29.4 Å². The van der Waals surface area contributed by atoms with Crippen molar-refractivity contribution in [3.63, 3.8) is 0 Å². The number of para-hydroxylation sites is 1. The summed E-state index contributed by atoms with van der Waals surface area (Å²) in [7, 11) is 0. The van der Waals surface area contributed by atoms with Crippen molar-refractivity contribution in [2.45, 2.75) is 18.8 Å². The largest absolute Gasteiger partial charge is 0.439 e. The van der Waals surface area contributed by atoms with Crippen LogP contribution in [0.15, 0.2) is 108 Å². The molecule has 0 radical (unpaired) electrons. The van der Waals surface area contributed by atoms with Gasteiger partial charge in [-0.15, -0.1) is 0 Å². The minimum Gasteiger partial charge on any atom is -0.439 e. The quantitative estimate of drug-likeness (QED) is 0.438. The van der Waals surface area contributed by atoms with Gasteiger partial charge in [-0.05, 0) is 60.2 Å². The number of nitrogens with one attached hydrogen (secondary N) is 2. The van der Waals surface area contributed by atoms with Crippen LogP contribution >= 0.6 is 0 Å². The van der Waals surface area contributed by atoms with E-state index in [4.69, 9.17) is 9.47 Å². The van der Waals surface area contributed by atoms with Gasteiger partial charge in [0, 0.05) is 11.9 Å². The van der Waals surface area contributed by atoms with E-state index in [2.05, 4.69) is 15.6 Å². The molecule has 0 spiro atoms. The van der Waals surface area contributed by atoms with Gasteiger partial charge in [-0.1, -0.05) is 30.3 Å². The molecule has 2 N–H and O–H groups in total. The summed E-state index contributed by atoms with van der Waals surface area (Å²) >= 11 is 0. The number of alkyl halides is 3. The van der Waals surface area contributed by atoms with Crippen LogP contribution in [0.25, 0.3) is 0 Å². The van der Waals surface area contributed by atoms with Crippen molar-refractivity contribution in [1.82, 2.24) is 10.2 Å². The number of nitrogens with zero attached hydrogens (tertiary/aromatic N) is 2. The van der Waals surface area contributed by atoms with E-state index in [-0.39, 0.29) is 18.2 Å². The van der Waals surface area contributed by atoms with E-state index in [1.54, 1.807) is 60.8 Å². The average Bonchev–Trinajstić information content (AvgIpc) is 3.36. The van der Waals surface area contributed by atoms with Crippen LogP contribution in [-0.2, 0) is 17.4 Å². The maximum atomic E-state index is 12.7. The molecule has 0 saturated carbocycles. The van der Waals surface area contributed by atoms with Gasteiger partial charge in [0.25, 0.3) is 0 Å². The summed E-state index contributed by atoms with van der Waals surface area (Å²) in [5.74, 6) is 0.761. The highest BCUT2D eigenvalue weighted by atomic mass is 19.4. The maximum Gasteiger partial charge on any atom is 0.421 e. The Morgan fingerprint density at radius 3 is 2.36 bits per heavy atom. The number of amides is 2. The molecular formula is C28H21F3N4O4. The van der Waals surface area contributed by atoms with Gasteiger partial charge in [0.15, 0.2) is 0 Å². The number of anilines is 1. The maximum absolute atomic E-state index is 12.7. The average molecular weight is 534 g/mol. The molecule has 2 heterocycles. The highest BCUT2D eigenvalue weighted by molar-refractivity contribution is 5.92. The van der Waals surface area contributed by atoms with Crippen LogP contribution in [0.4, 0.5) is 23.7 Å². The van der Waals surface area contributed by atoms with Gasteiger partial charge in [0.05, 0.1) is 23.9 Å². The fraction of sp³-hybridized carbons (Fsp3) is 0.107. The predicted octanol–water partition coefficient (Wildman–Crippen LogP) is 5.46. The first-order chi connectivity index (χ1) is 18.8. The Balaban J connectivity index is 1.18. The molecular weight excluding hydrogens is 513 g/mol. The van der Waals surface area contributed by atoms with Gasteiger partial charge in [-0.2, -0.15) is 13.2 Å². The summed E-state index contributed by atoms with van der Waals surface area (Å²) in [5, 5.41) is 5.71. The van der Waals surface area contributed by atoms with Gasteiger partial charge in [-0.3, -0.25) is 9.69 Å². The van der Waals surface area contributed by atoms with Crippen molar-refractivity contribution >= 4 is 24.0 Å². The van der Waals surface area contributed by atoms with Crippen LogP contribution in [0.3, 0.4) is 0 Å². The van der Waals surface area contributed by atoms with Crippen LogP contribution in [0.2, 0.25) is 0 Å². The van der Waals surface area contributed by atoms with E-state index in [1.165, 1.54) is 23.4 Å². The number of hydrogen-bond donors (Lipinski definition) is 2. The van der Waals surface area contributed by atoms with Crippen molar-refractivity contribution in [2.24, 2.45) is 4.99 Å². The van der Waals surface area contributed by atoms with E-state index in [1.807, 2.05) is 6.07 Å². The monoisotopic (exact) mass is 534 g/mol. The number of halogens is 3. The third-order valence-corrected chi connectivity index (χ3v) is 5.81. The summed E-state index contributed by atoms with van der Waals surface area (Å²) < 4.78 is 49.5. The first-order valence-corrected chi connectivity index (χ1v) is 11.8. The molecule has 11 heteroatoms. The Morgan fingerprint density at radius 1 is 0.949 bits per heavy atom. The molecule has 1 atom stereocenters. The van der Waals surface area contributed by atoms with Gasteiger partial charge in [0.2, 0.25) is 11.8 Å². The van der Waals surface area contributed by atoms with Crippen LogP contribution in [0, 0.1) is 0 Å². The number of fused-ring (bicyclic) bond motifs is 1. The summed E-state index contributed by atoms with van der Waals surface area (Å²) in [6, 6.07) is 19.7. The zero-order valence-electron chi connectivity index (χ0n) is 20.2. The van der Waals surface area contributed by atoms with E-state index in [9.17, 15) is 22.8 Å². The Hall–Kier alpha value is -5.06. The van der Waals surface area contributed by atoms with Crippen molar-refractivity contribution in [2.75, 3.05) is 5.32 Å². The molecule has 198 valence electrons. The Kier molecular flexibility index (Phi) is 7.04. The highest BCUT2D eigenvalue weighted by Gasteiger charge is 2.34. The minimum atomic E-state index is -4.43. The van der Waals surface area contributed by atoms with Crippen molar-refractivity contribution < 1.29 is 32.2 Å². The summed E-state index contributed by atoms with van der Waals surface area (Å²) in [6.45, 7) is 0. The van der Waals surface area contributed by atoms with E-state index in [0.29, 0.717) is 28.3 Å². The summed E-state index contributed by atoms with van der Waals surface area (Å²) in [5.41, 5.74) is 0.796. The molecule has 3 aromatic rings. The number of aliphatic imine (C=N–C) groups is 1. The number of ether oxygens (including phenoxy) is 2. The standard InChI is InChI=1S/C28H21F3N4O4/c29-28(30,31)19-8-6-18(7-9-19)16-24(36)34-20-10-12-22(13-11-20)38-26-23-14-15-35(25(23)32-17-33-26)27(37)39-21-4-2-1-3-5-21/h1-15,17,25H,16H2,(H,32,33)(H,34,36). The zero-order valence-corrected chi connectivity index (χ0v) is 20.2. The fourth-order valence-electron chi connectivity index (χ4n) is 3.90. The molecule has 0 aromatic heterocycles. The first-order valence-electron chi connectivity index (χ1n) is 11.8. The number of carbonyl (C=O) groups is 2. The second-order valence-corrected chi connectivity index (χ2v) is 8.54. The lowest BCUT2D eigenvalue weighted by atomic mass is 10.1. The Morgan fingerprint density at radius 2 is 1.67 bits per heavy atom. The summed E-state index contributed by atoms with van der Waals surface area (Å²) in [6.07, 6.45) is -0.936. The van der Waals surface area contributed by atoms with Crippen LogP contribution in [0.5, 0.6) is 11.5 Å². The van der Waals surface area contributed by atoms with Crippen molar-refractivity contribution in [3.8, 4) is 11.5 Å². The molecule has 0 saturated heterocycles.